The maximum Gasteiger partial charge on any atom is 0.126 e. The molecule has 1 aromatic carbocycles. The highest BCUT2D eigenvalue weighted by molar-refractivity contribution is 6.04. The second kappa shape index (κ2) is 5.01. The molecule has 0 saturated heterocycles. The van der Waals surface area contributed by atoms with Crippen molar-refractivity contribution in [3.05, 3.63) is 54.0 Å². The zero-order chi connectivity index (χ0) is 15.0. The Bertz CT molecular complexity index is 816. The number of aromatic nitrogens is 3. The van der Waals surface area contributed by atoms with Crippen molar-refractivity contribution in [1.82, 2.24) is 14.8 Å². The third kappa shape index (κ3) is 2.27. The SMILES string of the molecule is CC(C)c1ccn(-c2c(C(=N)N)cnc3ccccc23)n1. The molecule has 0 aliphatic heterocycles. The Balaban J connectivity index is 2.31. The third-order valence-corrected chi connectivity index (χ3v) is 3.47. The fourth-order valence-electron chi connectivity index (χ4n) is 2.34. The number of nitrogen functional groups attached to an aromatic ring is 1. The van der Waals surface area contributed by atoms with Gasteiger partial charge < -0.3 is 5.73 Å². The van der Waals surface area contributed by atoms with E-state index in [1.165, 1.54) is 0 Å². The molecule has 0 aliphatic carbocycles. The lowest BCUT2D eigenvalue weighted by Gasteiger charge is -2.11. The molecule has 0 atom stereocenters. The highest BCUT2D eigenvalue weighted by Gasteiger charge is 2.14. The van der Waals surface area contributed by atoms with Crippen LogP contribution in [0.2, 0.25) is 0 Å². The van der Waals surface area contributed by atoms with Crippen LogP contribution in [0, 0.1) is 5.41 Å². The van der Waals surface area contributed by atoms with E-state index < -0.39 is 0 Å². The summed E-state index contributed by atoms with van der Waals surface area (Å²) in [7, 11) is 0. The first-order valence-corrected chi connectivity index (χ1v) is 6.86. The van der Waals surface area contributed by atoms with Gasteiger partial charge in [-0.05, 0) is 18.1 Å². The molecule has 3 rings (SSSR count). The second-order valence-corrected chi connectivity index (χ2v) is 5.29. The van der Waals surface area contributed by atoms with Crippen LogP contribution in [0.3, 0.4) is 0 Å². The fraction of sp³-hybridized carbons (Fsp3) is 0.188. The van der Waals surface area contributed by atoms with Crippen LogP contribution in [-0.2, 0) is 0 Å². The molecule has 2 heterocycles. The van der Waals surface area contributed by atoms with Crippen molar-refractivity contribution in [3.8, 4) is 5.69 Å². The lowest BCUT2D eigenvalue weighted by molar-refractivity contribution is 0.769. The van der Waals surface area contributed by atoms with Gasteiger partial charge in [0.25, 0.3) is 0 Å². The number of para-hydroxylation sites is 1. The number of rotatable bonds is 3. The Morgan fingerprint density at radius 1 is 1.24 bits per heavy atom. The highest BCUT2D eigenvalue weighted by atomic mass is 15.3. The molecule has 0 saturated carbocycles. The summed E-state index contributed by atoms with van der Waals surface area (Å²) in [6.07, 6.45) is 3.54. The van der Waals surface area contributed by atoms with E-state index in [1.54, 1.807) is 10.9 Å². The van der Waals surface area contributed by atoms with Gasteiger partial charge >= 0.3 is 0 Å². The van der Waals surface area contributed by atoms with Gasteiger partial charge in [0.1, 0.15) is 5.84 Å². The number of pyridine rings is 1. The molecule has 0 amide bonds. The topological polar surface area (TPSA) is 80.6 Å². The molecule has 0 fully saturated rings. The van der Waals surface area contributed by atoms with Crippen LogP contribution in [0.25, 0.3) is 16.6 Å². The Morgan fingerprint density at radius 3 is 2.67 bits per heavy atom. The standard InChI is InChI=1S/C16H17N5/c1-10(2)13-7-8-21(20-13)15-11-5-3-4-6-14(11)19-9-12(15)16(17)18/h3-10H,1-2H3,(H3,17,18). The predicted molar refractivity (Wildman–Crippen MR) is 84.0 cm³/mol. The van der Waals surface area contributed by atoms with E-state index in [9.17, 15) is 0 Å². The minimum atomic E-state index is -0.00940. The number of hydrogen-bond acceptors (Lipinski definition) is 3. The summed E-state index contributed by atoms with van der Waals surface area (Å²) >= 11 is 0. The lowest BCUT2D eigenvalue weighted by Crippen LogP contribution is -2.16. The van der Waals surface area contributed by atoms with Gasteiger partial charge in [-0.25, -0.2) is 4.68 Å². The van der Waals surface area contributed by atoms with Crippen LogP contribution in [-0.4, -0.2) is 20.6 Å². The molecule has 5 nitrogen and oxygen atoms in total. The largest absolute Gasteiger partial charge is 0.384 e. The molecule has 3 aromatic rings. The Hall–Kier alpha value is -2.69. The number of nitrogens with zero attached hydrogens (tertiary/aromatic N) is 3. The van der Waals surface area contributed by atoms with Gasteiger partial charge in [-0.3, -0.25) is 10.4 Å². The van der Waals surface area contributed by atoms with Crippen molar-refractivity contribution < 1.29 is 0 Å². The molecule has 0 aliphatic rings. The molecular formula is C16H17N5. The second-order valence-electron chi connectivity index (χ2n) is 5.29. The van der Waals surface area contributed by atoms with Crippen molar-refractivity contribution in [2.24, 2.45) is 5.73 Å². The first kappa shape index (κ1) is 13.3. The van der Waals surface area contributed by atoms with Crippen LogP contribution in [0.15, 0.2) is 42.7 Å². The van der Waals surface area contributed by atoms with Crippen molar-refractivity contribution in [2.45, 2.75) is 19.8 Å². The van der Waals surface area contributed by atoms with Gasteiger partial charge in [-0.15, -0.1) is 0 Å². The molecule has 2 aromatic heterocycles. The zero-order valence-corrected chi connectivity index (χ0v) is 12.0. The van der Waals surface area contributed by atoms with E-state index in [0.717, 1.165) is 22.3 Å². The van der Waals surface area contributed by atoms with E-state index in [1.807, 2.05) is 36.5 Å². The van der Waals surface area contributed by atoms with Crippen LogP contribution in [0.5, 0.6) is 0 Å². The van der Waals surface area contributed by atoms with Crippen molar-refractivity contribution in [1.29, 1.82) is 5.41 Å². The number of amidine groups is 1. The number of fused-ring (bicyclic) bond motifs is 1. The Morgan fingerprint density at radius 2 is 2.00 bits per heavy atom. The number of nitrogens with one attached hydrogen (secondary N) is 1. The number of benzene rings is 1. The van der Waals surface area contributed by atoms with Crippen molar-refractivity contribution in [2.75, 3.05) is 0 Å². The van der Waals surface area contributed by atoms with E-state index in [0.29, 0.717) is 11.5 Å². The van der Waals surface area contributed by atoms with E-state index in [4.69, 9.17) is 11.1 Å². The molecule has 0 unspecified atom stereocenters. The monoisotopic (exact) mass is 279 g/mol. The summed E-state index contributed by atoms with van der Waals surface area (Å²) in [6.45, 7) is 4.20. The summed E-state index contributed by atoms with van der Waals surface area (Å²) < 4.78 is 1.79. The summed E-state index contributed by atoms with van der Waals surface area (Å²) in [5.74, 6) is 0.338. The molecule has 0 bridgehead atoms. The molecule has 5 heteroatoms. The lowest BCUT2D eigenvalue weighted by atomic mass is 10.1. The summed E-state index contributed by atoms with van der Waals surface area (Å²) in [5.41, 5.74) is 8.97. The van der Waals surface area contributed by atoms with E-state index >= 15 is 0 Å². The minimum Gasteiger partial charge on any atom is -0.384 e. The number of hydrogen-bond donors (Lipinski definition) is 2. The number of nitrogens with two attached hydrogens (primary N) is 1. The maximum absolute atomic E-state index is 7.79. The van der Waals surface area contributed by atoms with Crippen LogP contribution >= 0.6 is 0 Å². The fourth-order valence-corrected chi connectivity index (χ4v) is 2.34. The van der Waals surface area contributed by atoms with Crippen molar-refractivity contribution >= 4 is 16.7 Å². The zero-order valence-electron chi connectivity index (χ0n) is 12.0. The summed E-state index contributed by atoms with van der Waals surface area (Å²) in [4.78, 5) is 4.37. The average Bonchev–Trinajstić information content (AvgIpc) is 2.95. The van der Waals surface area contributed by atoms with Gasteiger partial charge in [-0.1, -0.05) is 32.0 Å². The molecule has 0 spiro atoms. The normalized spacial score (nSPS) is 11.2. The van der Waals surface area contributed by atoms with Gasteiger partial charge in [0, 0.05) is 17.8 Å². The highest BCUT2D eigenvalue weighted by Crippen LogP contribution is 2.25. The van der Waals surface area contributed by atoms with Gasteiger partial charge in [-0.2, -0.15) is 5.10 Å². The average molecular weight is 279 g/mol. The molecule has 21 heavy (non-hydrogen) atoms. The van der Waals surface area contributed by atoms with Crippen LogP contribution in [0.1, 0.15) is 31.0 Å². The van der Waals surface area contributed by atoms with E-state index in [-0.39, 0.29) is 5.84 Å². The quantitative estimate of drug-likeness (QED) is 0.571. The van der Waals surface area contributed by atoms with Gasteiger partial charge in [0.05, 0.1) is 22.5 Å². The minimum absolute atomic E-state index is 0.00940. The predicted octanol–water partition coefficient (Wildman–Crippen LogP) is 2.83. The Kier molecular flexibility index (Phi) is 3.17. The van der Waals surface area contributed by atoms with Gasteiger partial charge in [0.15, 0.2) is 0 Å². The van der Waals surface area contributed by atoms with Crippen LogP contribution < -0.4 is 5.73 Å². The maximum atomic E-state index is 7.79. The van der Waals surface area contributed by atoms with Gasteiger partial charge in [0.2, 0.25) is 0 Å². The molecule has 106 valence electrons. The molecule has 3 N–H and O–H groups in total. The van der Waals surface area contributed by atoms with Crippen molar-refractivity contribution in [3.63, 3.8) is 0 Å². The smallest absolute Gasteiger partial charge is 0.126 e. The summed E-state index contributed by atoms with van der Waals surface area (Å²) in [5, 5.41) is 13.3. The summed E-state index contributed by atoms with van der Waals surface area (Å²) in [6, 6.07) is 9.79. The molecular weight excluding hydrogens is 262 g/mol. The Labute approximate surface area is 122 Å². The third-order valence-electron chi connectivity index (χ3n) is 3.47. The first-order chi connectivity index (χ1) is 10.1. The van der Waals surface area contributed by atoms with E-state index in [2.05, 4.69) is 23.9 Å². The molecule has 0 radical (unpaired) electrons. The first-order valence-electron chi connectivity index (χ1n) is 6.86. The van der Waals surface area contributed by atoms with Crippen LogP contribution in [0.4, 0.5) is 0 Å².